The van der Waals surface area contributed by atoms with Crippen LogP contribution in [0.1, 0.15) is 25.3 Å². The van der Waals surface area contributed by atoms with Gasteiger partial charge in [0.15, 0.2) is 0 Å². The van der Waals surface area contributed by atoms with Crippen LogP contribution >= 0.6 is 0 Å². The summed E-state index contributed by atoms with van der Waals surface area (Å²) in [6.07, 6.45) is 3.53. The molecule has 21 heavy (non-hydrogen) atoms. The number of benzene rings is 2. The summed E-state index contributed by atoms with van der Waals surface area (Å²) < 4.78 is 0. The maximum Gasteiger partial charge on any atom is 0.204 e. The van der Waals surface area contributed by atoms with Gasteiger partial charge >= 0.3 is 0 Å². The second-order valence-electron chi connectivity index (χ2n) is 5.42. The third-order valence-corrected chi connectivity index (χ3v) is 3.53. The number of anilines is 2. The molecule has 2 N–H and O–H groups in total. The maximum absolute atomic E-state index is 4.16. The molecule has 0 atom stereocenters. The molecule has 0 saturated heterocycles. The molecule has 0 fully saturated rings. The normalized spacial score (nSPS) is 10.8. The lowest BCUT2D eigenvalue weighted by molar-refractivity contribution is 0.867. The Bertz CT molecular complexity index is 698. The highest BCUT2D eigenvalue weighted by atomic mass is 15.1. The molecule has 3 heteroatoms. The van der Waals surface area contributed by atoms with E-state index in [4.69, 9.17) is 0 Å². The van der Waals surface area contributed by atoms with Crippen molar-refractivity contribution in [3.63, 3.8) is 0 Å². The van der Waals surface area contributed by atoms with Gasteiger partial charge in [0, 0.05) is 18.1 Å². The van der Waals surface area contributed by atoms with E-state index in [0.29, 0.717) is 5.92 Å². The van der Waals surface area contributed by atoms with Gasteiger partial charge < -0.3 is 10.3 Å². The van der Waals surface area contributed by atoms with Gasteiger partial charge in [0.2, 0.25) is 5.95 Å². The second-order valence-corrected chi connectivity index (χ2v) is 5.42. The first kappa shape index (κ1) is 13.4. The summed E-state index contributed by atoms with van der Waals surface area (Å²) in [4.78, 5) is 7.19. The zero-order chi connectivity index (χ0) is 14.7. The first-order valence-electron chi connectivity index (χ1n) is 7.19. The van der Waals surface area contributed by atoms with Gasteiger partial charge in [-0.3, -0.25) is 0 Å². The van der Waals surface area contributed by atoms with Crippen LogP contribution in [0, 0.1) is 0 Å². The summed E-state index contributed by atoms with van der Waals surface area (Å²) in [5, 5.41) is 3.23. The summed E-state index contributed by atoms with van der Waals surface area (Å²) in [6, 6.07) is 17.1. The smallest absolute Gasteiger partial charge is 0.204 e. The summed E-state index contributed by atoms with van der Waals surface area (Å²) in [7, 11) is 0. The van der Waals surface area contributed by atoms with E-state index in [0.717, 1.165) is 11.6 Å². The molecular weight excluding hydrogens is 258 g/mol. The highest BCUT2D eigenvalue weighted by Crippen LogP contribution is 2.25. The summed E-state index contributed by atoms with van der Waals surface area (Å²) in [6.45, 7) is 4.44. The van der Waals surface area contributed by atoms with Crippen LogP contribution in [0.3, 0.4) is 0 Å². The van der Waals surface area contributed by atoms with Gasteiger partial charge in [0.05, 0.1) is 0 Å². The first-order valence-corrected chi connectivity index (χ1v) is 7.19. The van der Waals surface area contributed by atoms with Crippen molar-refractivity contribution in [3.8, 4) is 11.1 Å². The van der Waals surface area contributed by atoms with Crippen LogP contribution in [0.25, 0.3) is 11.1 Å². The topological polar surface area (TPSA) is 40.7 Å². The molecule has 2 aromatic carbocycles. The maximum atomic E-state index is 4.16. The molecule has 3 aromatic rings. The van der Waals surface area contributed by atoms with Crippen molar-refractivity contribution >= 4 is 11.6 Å². The van der Waals surface area contributed by atoms with Gasteiger partial charge in [0.1, 0.15) is 0 Å². The van der Waals surface area contributed by atoms with E-state index in [1.807, 2.05) is 0 Å². The van der Waals surface area contributed by atoms with E-state index in [-0.39, 0.29) is 0 Å². The fraction of sp³-hybridized carbons (Fsp3) is 0.167. The van der Waals surface area contributed by atoms with E-state index in [2.05, 4.69) is 77.7 Å². The second kappa shape index (κ2) is 5.83. The van der Waals surface area contributed by atoms with Crippen LogP contribution in [0.2, 0.25) is 0 Å². The van der Waals surface area contributed by atoms with Crippen LogP contribution in [-0.4, -0.2) is 9.97 Å². The molecule has 3 rings (SSSR count). The standard InChI is InChI=1S/C18H19N3/c1-13(2)15-4-3-5-16(12-15)14-6-8-17(9-7-14)21-18-19-10-11-20-18/h3-13H,1-2H3,(H2,19,20,21). The minimum Gasteiger partial charge on any atom is -0.331 e. The number of hydrogen-bond donors (Lipinski definition) is 2. The number of nitrogens with one attached hydrogen (secondary N) is 2. The van der Waals surface area contributed by atoms with E-state index in [9.17, 15) is 0 Å². The summed E-state index contributed by atoms with van der Waals surface area (Å²) in [5.41, 5.74) is 4.87. The summed E-state index contributed by atoms with van der Waals surface area (Å²) >= 11 is 0. The molecule has 0 spiro atoms. The number of rotatable bonds is 4. The number of imidazole rings is 1. The lowest BCUT2D eigenvalue weighted by atomic mass is 9.97. The monoisotopic (exact) mass is 277 g/mol. The SMILES string of the molecule is CC(C)c1cccc(-c2ccc(Nc3ncc[nH]3)cc2)c1. The van der Waals surface area contributed by atoms with Crippen molar-refractivity contribution in [1.82, 2.24) is 9.97 Å². The predicted octanol–water partition coefficient (Wildman–Crippen LogP) is 4.94. The van der Waals surface area contributed by atoms with Crippen molar-refractivity contribution in [3.05, 3.63) is 66.5 Å². The molecule has 0 aliphatic rings. The zero-order valence-corrected chi connectivity index (χ0v) is 12.3. The van der Waals surface area contributed by atoms with Crippen LogP contribution < -0.4 is 5.32 Å². The Morgan fingerprint density at radius 3 is 2.48 bits per heavy atom. The molecule has 3 nitrogen and oxygen atoms in total. The van der Waals surface area contributed by atoms with E-state index in [1.54, 1.807) is 12.4 Å². The molecule has 1 heterocycles. The molecule has 0 unspecified atom stereocenters. The van der Waals surface area contributed by atoms with Crippen LogP contribution in [0.5, 0.6) is 0 Å². The fourth-order valence-electron chi connectivity index (χ4n) is 2.29. The minimum atomic E-state index is 0.546. The Morgan fingerprint density at radius 2 is 1.81 bits per heavy atom. The highest BCUT2D eigenvalue weighted by Gasteiger charge is 2.03. The van der Waals surface area contributed by atoms with E-state index in [1.165, 1.54) is 16.7 Å². The third kappa shape index (κ3) is 3.14. The molecule has 0 radical (unpaired) electrons. The molecule has 0 bridgehead atoms. The van der Waals surface area contributed by atoms with Crippen LogP contribution in [0.4, 0.5) is 11.6 Å². The average Bonchev–Trinajstić information content (AvgIpc) is 3.01. The number of aromatic amines is 1. The number of nitrogens with zero attached hydrogens (tertiary/aromatic N) is 1. The van der Waals surface area contributed by atoms with Crippen molar-refractivity contribution < 1.29 is 0 Å². The Morgan fingerprint density at radius 1 is 1.00 bits per heavy atom. The molecule has 106 valence electrons. The molecule has 0 aliphatic heterocycles. The van der Waals surface area contributed by atoms with E-state index < -0.39 is 0 Å². The third-order valence-electron chi connectivity index (χ3n) is 3.53. The fourth-order valence-corrected chi connectivity index (χ4v) is 2.29. The largest absolute Gasteiger partial charge is 0.331 e. The molecular formula is C18H19N3. The van der Waals surface area contributed by atoms with Crippen LogP contribution in [-0.2, 0) is 0 Å². The molecule has 0 aliphatic carbocycles. The Kier molecular flexibility index (Phi) is 3.73. The molecule has 0 amide bonds. The van der Waals surface area contributed by atoms with Gasteiger partial charge in [-0.05, 0) is 34.7 Å². The predicted molar refractivity (Wildman–Crippen MR) is 87.8 cm³/mol. The minimum absolute atomic E-state index is 0.546. The number of hydrogen-bond acceptors (Lipinski definition) is 2. The Hall–Kier alpha value is -2.55. The van der Waals surface area contributed by atoms with Gasteiger partial charge in [-0.1, -0.05) is 50.2 Å². The van der Waals surface area contributed by atoms with Gasteiger partial charge in [-0.2, -0.15) is 0 Å². The first-order chi connectivity index (χ1) is 10.2. The number of H-pyrrole nitrogens is 1. The lowest BCUT2D eigenvalue weighted by Gasteiger charge is -2.09. The molecule has 1 aromatic heterocycles. The zero-order valence-electron chi connectivity index (χ0n) is 12.3. The van der Waals surface area contributed by atoms with Crippen LogP contribution in [0.15, 0.2) is 60.9 Å². The number of aromatic nitrogens is 2. The lowest BCUT2D eigenvalue weighted by Crippen LogP contribution is -1.92. The highest BCUT2D eigenvalue weighted by molar-refractivity contribution is 5.67. The quantitative estimate of drug-likeness (QED) is 0.709. The summed E-state index contributed by atoms with van der Waals surface area (Å²) in [5.74, 6) is 1.30. The Labute approximate surface area is 125 Å². The van der Waals surface area contributed by atoms with Gasteiger partial charge in [0.25, 0.3) is 0 Å². The van der Waals surface area contributed by atoms with Gasteiger partial charge in [-0.15, -0.1) is 0 Å². The molecule has 0 saturated carbocycles. The van der Waals surface area contributed by atoms with Crippen molar-refractivity contribution in [1.29, 1.82) is 0 Å². The van der Waals surface area contributed by atoms with E-state index >= 15 is 0 Å². The van der Waals surface area contributed by atoms with Gasteiger partial charge in [-0.25, -0.2) is 4.98 Å². The Balaban J connectivity index is 1.82. The van der Waals surface area contributed by atoms with Crippen molar-refractivity contribution in [2.75, 3.05) is 5.32 Å². The van der Waals surface area contributed by atoms with Crippen molar-refractivity contribution in [2.24, 2.45) is 0 Å². The van der Waals surface area contributed by atoms with Crippen molar-refractivity contribution in [2.45, 2.75) is 19.8 Å². The average molecular weight is 277 g/mol.